The summed E-state index contributed by atoms with van der Waals surface area (Å²) in [6.07, 6.45) is 5.29. The number of amides is 1. The zero-order valence-electron chi connectivity index (χ0n) is 21.5. The third kappa shape index (κ3) is 5.21. The molecule has 0 atom stereocenters. The number of carbonyl (C=O) groups is 1. The Bertz CT molecular complexity index is 1150. The van der Waals surface area contributed by atoms with Crippen molar-refractivity contribution in [3.8, 4) is 0 Å². The first-order valence-electron chi connectivity index (χ1n) is 12.6. The molecule has 1 aliphatic carbocycles. The van der Waals surface area contributed by atoms with Crippen LogP contribution in [0.3, 0.4) is 0 Å². The van der Waals surface area contributed by atoms with Gasteiger partial charge in [0.25, 0.3) is 5.91 Å². The molecule has 2 heterocycles. The normalized spacial score (nSPS) is 19.4. The van der Waals surface area contributed by atoms with Gasteiger partial charge in [0.15, 0.2) is 5.43 Å². The molecular weight excluding hydrogens is 464 g/mol. The molecule has 1 aromatic heterocycles. The Morgan fingerprint density at radius 1 is 1.14 bits per heavy atom. The molecule has 1 aromatic carbocycles. The number of nitrogens with zero attached hydrogens (tertiary/aromatic N) is 3. The van der Waals surface area contributed by atoms with Crippen LogP contribution < -0.4 is 20.5 Å². The molecule has 1 saturated carbocycles. The first kappa shape index (κ1) is 25.6. The maximum absolute atomic E-state index is 13.3. The first-order valence-corrected chi connectivity index (χ1v) is 13.0. The summed E-state index contributed by atoms with van der Waals surface area (Å²) in [4.78, 5) is 36.3. The van der Waals surface area contributed by atoms with Gasteiger partial charge in [-0.05, 0) is 78.2 Å². The minimum absolute atomic E-state index is 0.0754. The van der Waals surface area contributed by atoms with E-state index in [1.807, 2.05) is 19.9 Å². The third-order valence-electron chi connectivity index (χ3n) is 7.68. The van der Waals surface area contributed by atoms with Crippen LogP contribution in [0.2, 0.25) is 5.02 Å². The van der Waals surface area contributed by atoms with E-state index in [4.69, 9.17) is 16.4 Å². The molecule has 190 valence electrons. The van der Waals surface area contributed by atoms with E-state index in [1.165, 1.54) is 12.8 Å². The highest BCUT2D eigenvalue weighted by Crippen LogP contribution is 2.34. The Kier molecular flexibility index (Phi) is 7.77. The van der Waals surface area contributed by atoms with Crippen molar-refractivity contribution in [1.82, 2.24) is 14.9 Å². The Labute approximate surface area is 213 Å². The average molecular weight is 501 g/mol. The number of aromatic nitrogens is 1. The molecule has 2 aromatic rings. The predicted octanol–water partition coefficient (Wildman–Crippen LogP) is 3.73. The molecule has 1 amide bonds. The van der Waals surface area contributed by atoms with Crippen LogP contribution >= 0.6 is 11.6 Å². The van der Waals surface area contributed by atoms with Gasteiger partial charge in [0.1, 0.15) is 6.61 Å². The second-order valence-electron chi connectivity index (χ2n) is 9.93. The van der Waals surface area contributed by atoms with Gasteiger partial charge in [0.05, 0.1) is 11.4 Å². The minimum Gasteiger partial charge on any atom is -0.413 e. The quantitative estimate of drug-likeness (QED) is 0.627. The lowest BCUT2D eigenvalue weighted by molar-refractivity contribution is 0.0949. The second kappa shape index (κ2) is 10.6. The number of rotatable bonds is 7. The first-order chi connectivity index (χ1) is 16.7. The molecular formula is C27H37ClN4O3. The fourth-order valence-corrected chi connectivity index (χ4v) is 5.81. The Morgan fingerprint density at radius 2 is 1.83 bits per heavy atom. The van der Waals surface area contributed by atoms with Crippen LogP contribution in [0.4, 0.5) is 5.69 Å². The lowest BCUT2D eigenvalue weighted by Crippen LogP contribution is -2.42. The van der Waals surface area contributed by atoms with E-state index < -0.39 is 0 Å². The van der Waals surface area contributed by atoms with Crippen LogP contribution in [0, 0.1) is 13.8 Å². The summed E-state index contributed by atoms with van der Waals surface area (Å²) in [7, 11) is 4.31. The summed E-state index contributed by atoms with van der Waals surface area (Å²) in [6, 6.07) is 6.36. The van der Waals surface area contributed by atoms with Gasteiger partial charge in [-0.1, -0.05) is 11.6 Å². The van der Waals surface area contributed by atoms with E-state index in [0.29, 0.717) is 34.8 Å². The van der Waals surface area contributed by atoms with Crippen molar-refractivity contribution in [2.75, 3.05) is 32.1 Å². The summed E-state index contributed by atoms with van der Waals surface area (Å²) < 4.78 is 1.70. The maximum Gasteiger partial charge on any atom is 0.251 e. The number of halogens is 1. The zero-order chi connectivity index (χ0) is 25.3. The number of nitrogens with one attached hydrogen (secondary N) is 1. The SMILES string of the molecule is CCN(c1cc(Cl)cc(C(=O)NCc2c(C)n3c(cc2=O)CCO3)c1C)C1CCC(N(C)C)CC1. The monoisotopic (exact) mass is 500 g/mol. The predicted molar refractivity (Wildman–Crippen MR) is 141 cm³/mol. The average Bonchev–Trinajstić information content (AvgIpc) is 3.30. The molecule has 0 bridgehead atoms. The summed E-state index contributed by atoms with van der Waals surface area (Å²) >= 11 is 6.52. The van der Waals surface area contributed by atoms with Gasteiger partial charge in [-0.2, -0.15) is 4.73 Å². The number of fused-ring (bicyclic) bond motifs is 1. The van der Waals surface area contributed by atoms with Crippen molar-refractivity contribution in [2.24, 2.45) is 0 Å². The summed E-state index contributed by atoms with van der Waals surface area (Å²) in [5.74, 6) is -0.233. The fraction of sp³-hybridized carbons (Fsp3) is 0.556. The maximum atomic E-state index is 13.3. The van der Waals surface area contributed by atoms with Gasteiger partial charge in [0, 0.05) is 59.5 Å². The highest BCUT2D eigenvalue weighted by atomic mass is 35.5. The lowest BCUT2D eigenvalue weighted by Gasteiger charge is -2.40. The molecule has 1 N–H and O–H groups in total. The van der Waals surface area contributed by atoms with E-state index in [-0.39, 0.29) is 17.9 Å². The Morgan fingerprint density at radius 3 is 2.49 bits per heavy atom. The summed E-state index contributed by atoms with van der Waals surface area (Å²) in [5, 5.41) is 3.49. The van der Waals surface area contributed by atoms with Crippen molar-refractivity contribution < 1.29 is 9.63 Å². The van der Waals surface area contributed by atoms with Gasteiger partial charge in [-0.15, -0.1) is 0 Å². The minimum atomic E-state index is -0.233. The fourth-order valence-electron chi connectivity index (χ4n) is 5.60. The van der Waals surface area contributed by atoms with Crippen LogP contribution in [0.15, 0.2) is 23.0 Å². The van der Waals surface area contributed by atoms with Crippen molar-refractivity contribution in [2.45, 2.75) is 71.5 Å². The van der Waals surface area contributed by atoms with Crippen LogP contribution in [0.5, 0.6) is 0 Å². The van der Waals surface area contributed by atoms with Crippen LogP contribution in [0.25, 0.3) is 0 Å². The van der Waals surface area contributed by atoms with E-state index in [2.05, 4.69) is 36.1 Å². The van der Waals surface area contributed by atoms with E-state index in [0.717, 1.165) is 48.4 Å². The number of carbonyl (C=O) groups excluding carboxylic acids is 1. The molecule has 8 heteroatoms. The molecule has 0 unspecified atom stereocenters. The van der Waals surface area contributed by atoms with Gasteiger partial charge < -0.3 is 20.0 Å². The molecule has 2 aliphatic rings. The Balaban J connectivity index is 1.54. The highest BCUT2D eigenvalue weighted by Gasteiger charge is 2.28. The number of pyridine rings is 1. The second-order valence-corrected chi connectivity index (χ2v) is 10.4. The van der Waals surface area contributed by atoms with Crippen LogP contribution in [0.1, 0.15) is 65.5 Å². The van der Waals surface area contributed by atoms with E-state index in [1.54, 1.807) is 16.9 Å². The van der Waals surface area contributed by atoms with Gasteiger partial charge in [-0.3, -0.25) is 9.59 Å². The lowest BCUT2D eigenvalue weighted by atomic mass is 9.89. The van der Waals surface area contributed by atoms with Crippen LogP contribution in [-0.2, 0) is 13.0 Å². The standard InChI is InChI=1S/C27H37ClN4O3/c1-6-31(21-9-7-20(8-10-21)30(4)5)25-14-19(28)13-23(17(25)2)27(34)29-16-24-18(3)32-22(11-12-35-32)15-26(24)33/h13-15,20-21H,6-12,16H2,1-5H3,(H,29,34). The smallest absolute Gasteiger partial charge is 0.251 e. The molecule has 0 saturated heterocycles. The number of benzene rings is 1. The van der Waals surface area contributed by atoms with Gasteiger partial charge >= 0.3 is 0 Å². The number of hydrogen-bond acceptors (Lipinski definition) is 5. The molecule has 4 rings (SSSR count). The van der Waals surface area contributed by atoms with Crippen LogP contribution in [-0.4, -0.2) is 54.9 Å². The van der Waals surface area contributed by atoms with Crippen molar-refractivity contribution in [1.29, 1.82) is 0 Å². The molecule has 1 aliphatic heterocycles. The number of hydrogen-bond donors (Lipinski definition) is 1. The molecule has 0 spiro atoms. The molecule has 7 nitrogen and oxygen atoms in total. The van der Waals surface area contributed by atoms with Crippen molar-refractivity contribution >= 4 is 23.2 Å². The molecule has 0 radical (unpaired) electrons. The number of anilines is 1. The topological polar surface area (TPSA) is 66.8 Å². The third-order valence-corrected chi connectivity index (χ3v) is 7.90. The Hall–Kier alpha value is -2.51. The molecule has 35 heavy (non-hydrogen) atoms. The van der Waals surface area contributed by atoms with Crippen molar-refractivity contribution in [3.63, 3.8) is 0 Å². The van der Waals surface area contributed by atoms with Gasteiger partial charge in [-0.25, -0.2) is 0 Å². The summed E-state index contributed by atoms with van der Waals surface area (Å²) in [5.41, 5.74) is 4.54. The summed E-state index contributed by atoms with van der Waals surface area (Å²) in [6.45, 7) is 7.54. The highest BCUT2D eigenvalue weighted by molar-refractivity contribution is 6.31. The van der Waals surface area contributed by atoms with Gasteiger partial charge in [0.2, 0.25) is 0 Å². The molecule has 1 fully saturated rings. The zero-order valence-corrected chi connectivity index (χ0v) is 22.2. The largest absolute Gasteiger partial charge is 0.413 e. The van der Waals surface area contributed by atoms with Crippen molar-refractivity contribution in [3.05, 3.63) is 61.5 Å². The van der Waals surface area contributed by atoms with E-state index >= 15 is 0 Å². The van der Waals surface area contributed by atoms with E-state index in [9.17, 15) is 9.59 Å².